The van der Waals surface area contributed by atoms with Gasteiger partial charge in [-0.3, -0.25) is 0 Å². The van der Waals surface area contributed by atoms with Crippen LogP contribution in [0.15, 0.2) is 10.8 Å². The van der Waals surface area contributed by atoms with Crippen LogP contribution in [-0.4, -0.2) is 24.9 Å². The van der Waals surface area contributed by atoms with E-state index >= 15 is 0 Å². The van der Waals surface area contributed by atoms with E-state index in [-0.39, 0.29) is 5.88 Å². The monoisotopic (exact) mass is 228 g/mol. The molecule has 0 amide bonds. The molecule has 5 nitrogen and oxygen atoms in total. The van der Waals surface area contributed by atoms with E-state index in [1.165, 1.54) is 4.52 Å². The maximum absolute atomic E-state index is 9.25. The van der Waals surface area contributed by atoms with Gasteiger partial charge < -0.3 is 5.11 Å². The number of hydrogen-bond acceptors (Lipinski definition) is 4. The Hall–Kier alpha value is -1.17. The van der Waals surface area contributed by atoms with Crippen molar-refractivity contribution in [2.75, 3.05) is 0 Å². The average Bonchev–Trinajstić information content (AvgIpc) is 2.41. The van der Waals surface area contributed by atoms with E-state index in [0.29, 0.717) is 10.3 Å². The molecule has 0 atom stereocenters. The van der Waals surface area contributed by atoms with E-state index in [2.05, 4.69) is 31.2 Å². The molecule has 6 heteroatoms. The molecule has 2 heterocycles. The Balaban J connectivity index is 2.93. The molecular formula is C6H5BrN4O. The van der Waals surface area contributed by atoms with Crippen molar-refractivity contribution in [2.24, 2.45) is 0 Å². The van der Waals surface area contributed by atoms with Crippen molar-refractivity contribution >= 4 is 21.4 Å². The van der Waals surface area contributed by atoms with Crippen LogP contribution in [0.5, 0.6) is 5.88 Å². The molecule has 12 heavy (non-hydrogen) atoms. The second-order valence-corrected chi connectivity index (χ2v) is 3.08. The Morgan fingerprint density at radius 2 is 2.25 bits per heavy atom. The van der Waals surface area contributed by atoms with E-state index in [0.717, 1.165) is 5.69 Å². The highest BCUT2D eigenvalue weighted by Gasteiger charge is 2.07. The molecule has 0 saturated heterocycles. The number of aryl methyl sites for hydroxylation is 1. The van der Waals surface area contributed by atoms with Crippen LogP contribution in [-0.2, 0) is 0 Å². The van der Waals surface area contributed by atoms with Crippen LogP contribution >= 0.6 is 15.9 Å². The molecule has 0 spiro atoms. The highest BCUT2D eigenvalue weighted by atomic mass is 79.9. The first-order valence-corrected chi connectivity index (χ1v) is 4.05. The molecule has 2 aromatic heterocycles. The first kappa shape index (κ1) is 7.48. The summed E-state index contributed by atoms with van der Waals surface area (Å²) in [7, 11) is 0. The third kappa shape index (κ3) is 0.953. The predicted octanol–water partition coefficient (Wildman–Crippen LogP) is 0.901. The number of aromatic nitrogens is 4. The van der Waals surface area contributed by atoms with Crippen molar-refractivity contribution in [1.29, 1.82) is 0 Å². The van der Waals surface area contributed by atoms with E-state index < -0.39 is 0 Å². The molecule has 62 valence electrons. The predicted molar refractivity (Wildman–Crippen MR) is 44.9 cm³/mol. The highest BCUT2D eigenvalue weighted by Crippen LogP contribution is 2.18. The highest BCUT2D eigenvalue weighted by molar-refractivity contribution is 9.10. The largest absolute Gasteiger partial charge is 0.491 e. The Bertz CT molecular complexity index is 399. The maximum atomic E-state index is 9.25. The van der Waals surface area contributed by atoms with Gasteiger partial charge in [-0.25, -0.2) is 4.52 Å². The standard InChI is InChI=1S/C6H5BrN4O/c1-3-2-4-5(12)8-9-6(7)11(4)10-3/h2H,1H3,(H,8,12). The third-order valence-electron chi connectivity index (χ3n) is 1.46. The van der Waals surface area contributed by atoms with Gasteiger partial charge in [0.1, 0.15) is 5.52 Å². The van der Waals surface area contributed by atoms with Crippen LogP contribution in [0.3, 0.4) is 0 Å². The molecule has 0 fully saturated rings. The Labute approximate surface area is 76.2 Å². The van der Waals surface area contributed by atoms with Crippen molar-refractivity contribution in [2.45, 2.75) is 6.92 Å². The summed E-state index contributed by atoms with van der Waals surface area (Å²) in [6, 6.07) is 1.73. The SMILES string of the molecule is Cc1cc2c(O)nnc(Br)n2n1. The van der Waals surface area contributed by atoms with Gasteiger partial charge in [-0.05, 0) is 28.9 Å². The quantitative estimate of drug-likeness (QED) is 0.728. The summed E-state index contributed by atoms with van der Waals surface area (Å²) >= 11 is 3.16. The van der Waals surface area contributed by atoms with Crippen LogP contribution < -0.4 is 0 Å². The minimum absolute atomic E-state index is 0.112. The number of aromatic hydroxyl groups is 1. The molecule has 0 saturated carbocycles. The minimum Gasteiger partial charge on any atom is -0.491 e. The van der Waals surface area contributed by atoms with Gasteiger partial charge in [0.15, 0.2) is 0 Å². The lowest BCUT2D eigenvalue weighted by Crippen LogP contribution is -1.95. The van der Waals surface area contributed by atoms with E-state index in [1.54, 1.807) is 6.07 Å². The molecular weight excluding hydrogens is 224 g/mol. The van der Waals surface area contributed by atoms with Crippen molar-refractivity contribution in [1.82, 2.24) is 19.8 Å². The number of nitrogens with zero attached hydrogens (tertiary/aromatic N) is 4. The van der Waals surface area contributed by atoms with Gasteiger partial charge in [0, 0.05) is 0 Å². The zero-order valence-electron chi connectivity index (χ0n) is 6.19. The van der Waals surface area contributed by atoms with E-state index in [9.17, 15) is 5.11 Å². The average molecular weight is 229 g/mol. The van der Waals surface area contributed by atoms with Gasteiger partial charge in [-0.1, -0.05) is 0 Å². The van der Waals surface area contributed by atoms with Crippen LogP contribution in [0.1, 0.15) is 5.69 Å². The summed E-state index contributed by atoms with van der Waals surface area (Å²) in [6.45, 7) is 1.83. The van der Waals surface area contributed by atoms with Crippen molar-refractivity contribution in [3.05, 3.63) is 16.5 Å². The Morgan fingerprint density at radius 3 is 2.92 bits per heavy atom. The fourth-order valence-electron chi connectivity index (χ4n) is 0.982. The van der Waals surface area contributed by atoms with Crippen LogP contribution in [0, 0.1) is 6.92 Å². The van der Waals surface area contributed by atoms with Crippen molar-refractivity contribution < 1.29 is 5.11 Å². The summed E-state index contributed by atoms with van der Waals surface area (Å²) < 4.78 is 1.96. The second kappa shape index (κ2) is 2.41. The van der Waals surface area contributed by atoms with Crippen LogP contribution in [0.4, 0.5) is 0 Å². The minimum atomic E-state index is -0.112. The van der Waals surface area contributed by atoms with Gasteiger partial charge in [0.05, 0.1) is 5.69 Å². The summed E-state index contributed by atoms with van der Waals surface area (Å²) in [5.74, 6) is -0.112. The molecule has 0 bridgehead atoms. The third-order valence-corrected chi connectivity index (χ3v) is 1.96. The summed E-state index contributed by atoms with van der Waals surface area (Å²) in [5, 5.41) is 20.5. The van der Waals surface area contributed by atoms with Crippen molar-refractivity contribution in [3.63, 3.8) is 0 Å². The first-order chi connectivity index (χ1) is 5.68. The zero-order valence-corrected chi connectivity index (χ0v) is 7.78. The zero-order chi connectivity index (χ0) is 8.72. The van der Waals surface area contributed by atoms with Crippen LogP contribution in [0.25, 0.3) is 5.52 Å². The summed E-state index contributed by atoms with van der Waals surface area (Å²) in [6.07, 6.45) is 0. The number of hydrogen-bond donors (Lipinski definition) is 1. The molecule has 0 aliphatic heterocycles. The lowest BCUT2D eigenvalue weighted by molar-refractivity contribution is 0.445. The molecule has 0 unspecified atom stereocenters. The summed E-state index contributed by atoms with van der Waals surface area (Å²) in [4.78, 5) is 0. The lowest BCUT2D eigenvalue weighted by Gasteiger charge is -1.95. The lowest BCUT2D eigenvalue weighted by atomic mass is 10.4. The van der Waals surface area contributed by atoms with Gasteiger partial charge in [0.25, 0.3) is 5.88 Å². The van der Waals surface area contributed by atoms with Gasteiger partial charge >= 0.3 is 0 Å². The second-order valence-electron chi connectivity index (χ2n) is 2.38. The molecule has 2 rings (SSSR count). The van der Waals surface area contributed by atoms with Crippen molar-refractivity contribution in [3.8, 4) is 5.88 Å². The van der Waals surface area contributed by atoms with E-state index in [4.69, 9.17) is 0 Å². The Kier molecular flexibility index (Phi) is 1.50. The Morgan fingerprint density at radius 1 is 1.50 bits per heavy atom. The first-order valence-electron chi connectivity index (χ1n) is 3.26. The number of rotatable bonds is 0. The molecule has 0 radical (unpaired) electrons. The van der Waals surface area contributed by atoms with E-state index in [1.807, 2.05) is 6.92 Å². The van der Waals surface area contributed by atoms with Crippen LogP contribution in [0.2, 0.25) is 0 Å². The number of halogens is 1. The number of fused-ring (bicyclic) bond motifs is 1. The summed E-state index contributed by atoms with van der Waals surface area (Å²) in [5.41, 5.74) is 1.36. The molecule has 1 N–H and O–H groups in total. The fourth-order valence-corrected chi connectivity index (χ4v) is 1.33. The normalized spacial score (nSPS) is 10.8. The van der Waals surface area contributed by atoms with Gasteiger partial charge in [0.2, 0.25) is 4.73 Å². The van der Waals surface area contributed by atoms with Gasteiger partial charge in [-0.15, -0.1) is 10.2 Å². The maximum Gasteiger partial charge on any atom is 0.257 e. The smallest absolute Gasteiger partial charge is 0.257 e. The molecule has 0 aliphatic carbocycles. The molecule has 0 aliphatic rings. The molecule has 2 aromatic rings. The van der Waals surface area contributed by atoms with Gasteiger partial charge in [-0.2, -0.15) is 5.10 Å². The molecule has 0 aromatic carbocycles. The topological polar surface area (TPSA) is 63.3 Å². The fraction of sp³-hybridized carbons (Fsp3) is 0.167.